The van der Waals surface area contributed by atoms with E-state index in [1.54, 1.807) is 13.8 Å². The van der Waals surface area contributed by atoms with E-state index in [4.69, 9.17) is 14.2 Å². The molecule has 1 aromatic rings. The van der Waals surface area contributed by atoms with Crippen LogP contribution in [0.4, 0.5) is 4.39 Å². The first-order valence-electron chi connectivity index (χ1n) is 9.22. The van der Waals surface area contributed by atoms with Crippen LogP contribution in [0.2, 0.25) is 0 Å². The molecule has 0 radical (unpaired) electrons. The van der Waals surface area contributed by atoms with Gasteiger partial charge >= 0.3 is 5.97 Å². The van der Waals surface area contributed by atoms with Crippen molar-refractivity contribution in [1.29, 1.82) is 0 Å². The zero-order chi connectivity index (χ0) is 20.9. The number of carbonyl (C=O) groups excluding carboxylic acids is 1. The SMILES string of the molecule is CCOC1CC(NC(=O)c2ccc(F)c(COCCOC)c2)(C(=O)O)C1(C)C. The van der Waals surface area contributed by atoms with Gasteiger partial charge in [0, 0.05) is 36.7 Å². The van der Waals surface area contributed by atoms with Crippen molar-refractivity contribution in [1.82, 2.24) is 5.32 Å². The van der Waals surface area contributed by atoms with Crippen LogP contribution in [0, 0.1) is 11.2 Å². The van der Waals surface area contributed by atoms with E-state index >= 15 is 0 Å². The number of aliphatic carboxylic acids is 1. The van der Waals surface area contributed by atoms with E-state index in [1.807, 2.05) is 6.92 Å². The average Bonchev–Trinajstić information content (AvgIpc) is 2.65. The third-order valence-corrected chi connectivity index (χ3v) is 5.45. The number of rotatable bonds is 10. The minimum atomic E-state index is -1.45. The molecule has 8 heteroatoms. The number of halogens is 1. The molecule has 2 atom stereocenters. The number of benzene rings is 1. The zero-order valence-corrected chi connectivity index (χ0v) is 16.7. The highest BCUT2D eigenvalue weighted by Crippen LogP contribution is 2.51. The summed E-state index contributed by atoms with van der Waals surface area (Å²) in [5.41, 5.74) is -1.86. The largest absolute Gasteiger partial charge is 0.479 e. The molecule has 0 spiro atoms. The van der Waals surface area contributed by atoms with Crippen molar-refractivity contribution < 1.29 is 33.3 Å². The molecule has 1 aromatic carbocycles. The van der Waals surface area contributed by atoms with Crippen LogP contribution in [-0.2, 0) is 25.6 Å². The van der Waals surface area contributed by atoms with E-state index in [0.29, 0.717) is 19.8 Å². The van der Waals surface area contributed by atoms with Crippen LogP contribution in [0.25, 0.3) is 0 Å². The van der Waals surface area contributed by atoms with Gasteiger partial charge in [-0.1, -0.05) is 13.8 Å². The fraction of sp³-hybridized carbons (Fsp3) is 0.600. The molecule has 1 saturated carbocycles. The molecule has 1 fully saturated rings. The van der Waals surface area contributed by atoms with Gasteiger partial charge in [-0.2, -0.15) is 0 Å². The highest BCUT2D eigenvalue weighted by atomic mass is 19.1. The standard InChI is InChI=1S/C20H28FNO6/c1-5-28-16-11-20(18(24)25,19(16,2)3)22-17(23)13-6-7-15(21)14(10-13)12-27-9-8-26-4/h6-7,10,16H,5,8-9,11-12H2,1-4H3,(H,22,23)(H,24,25). The van der Waals surface area contributed by atoms with Gasteiger partial charge in [-0.25, -0.2) is 9.18 Å². The maximum atomic E-state index is 14.0. The Labute approximate surface area is 164 Å². The van der Waals surface area contributed by atoms with E-state index in [1.165, 1.54) is 25.3 Å². The predicted octanol–water partition coefficient (Wildman–Crippen LogP) is 2.38. The van der Waals surface area contributed by atoms with Gasteiger partial charge in [0.05, 0.1) is 25.9 Å². The summed E-state index contributed by atoms with van der Waals surface area (Å²) in [6.07, 6.45) is -0.102. The molecular weight excluding hydrogens is 369 g/mol. The van der Waals surface area contributed by atoms with Gasteiger partial charge in [0.1, 0.15) is 11.4 Å². The van der Waals surface area contributed by atoms with E-state index in [2.05, 4.69) is 5.32 Å². The normalized spacial score (nSPS) is 23.1. The second kappa shape index (κ2) is 8.98. The number of carboxylic acid groups (broad SMARTS) is 1. The third kappa shape index (κ3) is 4.19. The number of methoxy groups -OCH3 is 1. The Kier molecular flexibility index (Phi) is 7.14. The van der Waals surface area contributed by atoms with Crippen LogP contribution in [0.5, 0.6) is 0 Å². The Morgan fingerprint density at radius 3 is 2.61 bits per heavy atom. The Hall–Kier alpha value is -2.03. The summed E-state index contributed by atoms with van der Waals surface area (Å²) in [5, 5.41) is 12.5. The molecule has 0 bridgehead atoms. The van der Waals surface area contributed by atoms with Crippen LogP contribution < -0.4 is 5.32 Å². The summed E-state index contributed by atoms with van der Waals surface area (Å²) >= 11 is 0. The molecule has 0 aliphatic heterocycles. The topological polar surface area (TPSA) is 94.1 Å². The third-order valence-electron chi connectivity index (χ3n) is 5.45. The number of nitrogens with one attached hydrogen (secondary N) is 1. The Morgan fingerprint density at radius 2 is 2.04 bits per heavy atom. The minimum Gasteiger partial charge on any atom is -0.479 e. The van der Waals surface area contributed by atoms with Crippen molar-refractivity contribution in [3.8, 4) is 0 Å². The first kappa shape index (κ1) is 22.3. The van der Waals surface area contributed by atoms with Gasteiger partial charge in [0.15, 0.2) is 0 Å². The second-order valence-electron chi connectivity index (χ2n) is 7.39. The van der Waals surface area contributed by atoms with Crippen molar-refractivity contribution in [3.05, 3.63) is 35.1 Å². The van der Waals surface area contributed by atoms with Crippen LogP contribution in [0.1, 0.15) is 43.1 Å². The summed E-state index contributed by atoms with van der Waals surface area (Å²) < 4.78 is 29.8. The molecule has 0 aromatic heterocycles. The van der Waals surface area contributed by atoms with Gasteiger partial charge in [-0.05, 0) is 25.1 Å². The first-order valence-corrected chi connectivity index (χ1v) is 9.22. The Bertz CT molecular complexity index is 723. The summed E-state index contributed by atoms with van der Waals surface area (Å²) in [7, 11) is 1.53. The quantitative estimate of drug-likeness (QED) is 0.589. The molecule has 2 rings (SSSR count). The number of ether oxygens (including phenoxy) is 3. The molecule has 156 valence electrons. The molecule has 2 unspecified atom stereocenters. The summed E-state index contributed by atoms with van der Waals surface area (Å²) in [6, 6.07) is 3.87. The second-order valence-corrected chi connectivity index (χ2v) is 7.39. The molecule has 0 heterocycles. The Balaban J connectivity index is 2.16. The van der Waals surface area contributed by atoms with Crippen LogP contribution >= 0.6 is 0 Å². The van der Waals surface area contributed by atoms with Crippen LogP contribution in [0.3, 0.4) is 0 Å². The molecule has 2 N–H and O–H groups in total. The van der Waals surface area contributed by atoms with Crippen molar-refractivity contribution >= 4 is 11.9 Å². The van der Waals surface area contributed by atoms with Gasteiger partial charge in [0.25, 0.3) is 5.91 Å². The molecule has 1 amide bonds. The van der Waals surface area contributed by atoms with Crippen molar-refractivity contribution in [2.75, 3.05) is 26.9 Å². The lowest BCUT2D eigenvalue weighted by molar-refractivity contribution is -0.190. The van der Waals surface area contributed by atoms with Gasteiger partial charge in [-0.3, -0.25) is 4.79 Å². The van der Waals surface area contributed by atoms with Gasteiger partial charge in [-0.15, -0.1) is 0 Å². The first-order chi connectivity index (χ1) is 13.2. The van der Waals surface area contributed by atoms with Crippen LogP contribution in [0.15, 0.2) is 18.2 Å². The number of carbonyl (C=O) groups is 2. The van der Waals surface area contributed by atoms with Gasteiger partial charge in [0.2, 0.25) is 0 Å². The highest BCUT2D eigenvalue weighted by molar-refractivity contribution is 5.99. The van der Waals surface area contributed by atoms with E-state index in [9.17, 15) is 19.1 Å². The van der Waals surface area contributed by atoms with Gasteiger partial charge < -0.3 is 24.6 Å². The fourth-order valence-electron chi connectivity index (χ4n) is 3.45. The van der Waals surface area contributed by atoms with E-state index < -0.39 is 28.6 Å². The maximum absolute atomic E-state index is 14.0. The molecule has 1 aliphatic rings. The minimum absolute atomic E-state index is 0.0156. The zero-order valence-electron chi connectivity index (χ0n) is 16.7. The summed E-state index contributed by atoms with van der Waals surface area (Å²) in [4.78, 5) is 24.7. The molecule has 28 heavy (non-hydrogen) atoms. The number of hydrogen-bond donors (Lipinski definition) is 2. The van der Waals surface area contributed by atoms with Crippen molar-refractivity contribution in [2.24, 2.45) is 5.41 Å². The molecular formula is C20H28FNO6. The van der Waals surface area contributed by atoms with E-state index in [0.717, 1.165) is 0 Å². The van der Waals surface area contributed by atoms with E-state index in [-0.39, 0.29) is 30.3 Å². The van der Waals surface area contributed by atoms with Crippen molar-refractivity contribution in [2.45, 2.75) is 45.4 Å². The lowest BCUT2D eigenvalue weighted by Gasteiger charge is -2.58. The molecule has 1 aliphatic carbocycles. The summed E-state index contributed by atoms with van der Waals surface area (Å²) in [5.74, 6) is -2.20. The smallest absolute Gasteiger partial charge is 0.330 e. The lowest BCUT2D eigenvalue weighted by Crippen LogP contribution is -2.76. The fourth-order valence-corrected chi connectivity index (χ4v) is 3.45. The number of hydrogen-bond acceptors (Lipinski definition) is 5. The number of carboxylic acids is 1. The average molecular weight is 397 g/mol. The Morgan fingerprint density at radius 1 is 1.32 bits per heavy atom. The van der Waals surface area contributed by atoms with Crippen molar-refractivity contribution in [3.63, 3.8) is 0 Å². The summed E-state index contributed by atoms with van der Waals surface area (Å²) in [6.45, 7) is 6.46. The molecule has 7 nitrogen and oxygen atoms in total. The highest BCUT2D eigenvalue weighted by Gasteiger charge is 2.66. The van der Waals surface area contributed by atoms with Crippen LogP contribution in [-0.4, -0.2) is 55.6 Å². The molecule has 0 saturated heterocycles. The number of amides is 1. The maximum Gasteiger partial charge on any atom is 0.330 e. The monoisotopic (exact) mass is 397 g/mol. The predicted molar refractivity (Wildman–Crippen MR) is 99.6 cm³/mol. The lowest BCUT2D eigenvalue weighted by atomic mass is 9.54.